The smallest absolute Gasteiger partial charge is 0.242 e. The fourth-order valence-corrected chi connectivity index (χ4v) is 2.67. The van der Waals surface area contributed by atoms with E-state index in [0.29, 0.717) is 6.61 Å². The molecule has 3 atom stereocenters. The van der Waals surface area contributed by atoms with Crippen molar-refractivity contribution < 1.29 is 9.53 Å². The number of nitrogens with one attached hydrogen (secondary N) is 1. The van der Waals surface area contributed by atoms with Crippen molar-refractivity contribution in [1.82, 2.24) is 14.7 Å². The fourth-order valence-electron chi connectivity index (χ4n) is 2.67. The Kier molecular flexibility index (Phi) is 5.97. The first kappa shape index (κ1) is 17.0. The number of carbonyl (C=O) groups is 1. The van der Waals surface area contributed by atoms with Gasteiger partial charge in [-0.2, -0.15) is 5.10 Å². The van der Waals surface area contributed by atoms with Gasteiger partial charge in [-0.15, -0.1) is 0 Å². The number of ether oxygens (including phenoxy) is 1. The third-order valence-corrected chi connectivity index (χ3v) is 4.48. The highest BCUT2D eigenvalue weighted by atomic mass is 16.5. The van der Waals surface area contributed by atoms with Crippen LogP contribution in [0.1, 0.15) is 46.6 Å². The number of hydrogen-bond acceptors (Lipinski definition) is 4. The lowest BCUT2D eigenvalue weighted by Crippen LogP contribution is -2.50. The van der Waals surface area contributed by atoms with Crippen LogP contribution in [0.2, 0.25) is 0 Å². The predicted octanol–water partition coefficient (Wildman–Crippen LogP) is 2.29. The van der Waals surface area contributed by atoms with E-state index in [9.17, 15) is 4.79 Å². The first-order valence-electron chi connectivity index (χ1n) is 8.26. The minimum Gasteiger partial charge on any atom is -0.376 e. The standard InChI is InChI=1S/C16H28N4O2/c1-5-12(3)20-15(7-8-17-20)18-16(21)13(4)19-9-10-22-14(6-2)11-19/h7-8,12-14H,5-6,9-11H2,1-4H3,(H,18,21). The Labute approximate surface area is 132 Å². The van der Waals surface area contributed by atoms with Gasteiger partial charge in [0.2, 0.25) is 5.91 Å². The molecule has 1 aliphatic rings. The zero-order valence-corrected chi connectivity index (χ0v) is 14.1. The Morgan fingerprint density at radius 3 is 2.95 bits per heavy atom. The number of rotatable bonds is 6. The molecule has 0 spiro atoms. The summed E-state index contributed by atoms with van der Waals surface area (Å²) in [7, 11) is 0. The molecule has 6 heteroatoms. The minimum absolute atomic E-state index is 0.0156. The molecule has 3 unspecified atom stereocenters. The van der Waals surface area contributed by atoms with Gasteiger partial charge in [0.1, 0.15) is 5.82 Å². The SMILES string of the molecule is CCC1CN(C(C)C(=O)Nc2ccnn2C(C)CC)CCO1. The third kappa shape index (κ3) is 3.87. The maximum absolute atomic E-state index is 12.5. The van der Waals surface area contributed by atoms with E-state index in [2.05, 4.69) is 36.1 Å². The van der Waals surface area contributed by atoms with E-state index in [0.717, 1.165) is 31.7 Å². The molecular formula is C16H28N4O2. The Bertz CT molecular complexity index is 488. The molecule has 0 aliphatic carbocycles. The topological polar surface area (TPSA) is 59.4 Å². The number of nitrogens with zero attached hydrogens (tertiary/aromatic N) is 3. The van der Waals surface area contributed by atoms with Gasteiger partial charge in [-0.3, -0.25) is 9.69 Å². The van der Waals surface area contributed by atoms with Crippen LogP contribution in [0.3, 0.4) is 0 Å². The zero-order chi connectivity index (χ0) is 16.1. The average Bonchev–Trinajstić information content (AvgIpc) is 3.01. The second-order valence-electron chi connectivity index (χ2n) is 5.98. The van der Waals surface area contributed by atoms with Gasteiger partial charge in [0.05, 0.1) is 31.0 Å². The molecule has 6 nitrogen and oxygen atoms in total. The summed E-state index contributed by atoms with van der Waals surface area (Å²) in [4.78, 5) is 14.7. The molecule has 0 bridgehead atoms. The molecule has 2 heterocycles. The van der Waals surface area contributed by atoms with Crippen molar-refractivity contribution in [3.8, 4) is 0 Å². The molecule has 22 heavy (non-hydrogen) atoms. The molecule has 1 N–H and O–H groups in total. The first-order chi connectivity index (χ1) is 10.6. The summed E-state index contributed by atoms with van der Waals surface area (Å²) in [5.41, 5.74) is 0. The molecule has 1 aromatic heterocycles. The highest BCUT2D eigenvalue weighted by Crippen LogP contribution is 2.18. The van der Waals surface area contributed by atoms with Gasteiger partial charge in [0.25, 0.3) is 0 Å². The number of aromatic nitrogens is 2. The molecule has 2 rings (SSSR count). The quantitative estimate of drug-likeness (QED) is 0.876. The van der Waals surface area contributed by atoms with E-state index in [1.807, 2.05) is 17.7 Å². The molecule has 0 saturated carbocycles. The molecule has 1 aliphatic heterocycles. The van der Waals surface area contributed by atoms with E-state index in [1.165, 1.54) is 0 Å². The predicted molar refractivity (Wildman–Crippen MR) is 86.9 cm³/mol. The molecule has 0 aromatic carbocycles. The molecule has 124 valence electrons. The Hall–Kier alpha value is -1.40. The summed E-state index contributed by atoms with van der Waals surface area (Å²) in [5.74, 6) is 0.785. The van der Waals surface area contributed by atoms with E-state index >= 15 is 0 Å². The minimum atomic E-state index is -0.168. The summed E-state index contributed by atoms with van der Waals surface area (Å²) in [6, 6.07) is 1.96. The van der Waals surface area contributed by atoms with Crippen molar-refractivity contribution in [1.29, 1.82) is 0 Å². The first-order valence-corrected chi connectivity index (χ1v) is 8.26. The van der Waals surface area contributed by atoms with E-state index < -0.39 is 0 Å². The van der Waals surface area contributed by atoms with Gasteiger partial charge < -0.3 is 10.1 Å². The van der Waals surface area contributed by atoms with Crippen LogP contribution in [0.25, 0.3) is 0 Å². The lowest BCUT2D eigenvalue weighted by atomic mass is 10.1. The number of morpholine rings is 1. The molecular weight excluding hydrogens is 280 g/mol. The van der Waals surface area contributed by atoms with Gasteiger partial charge in [0.15, 0.2) is 0 Å². The van der Waals surface area contributed by atoms with Crippen LogP contribution in [-0.4, -0.2) is 52.4 Å². The monoisotopic (exact) mass is 308 g/mol. The van der Waals surface area contributed by atoms with Gasteiger partial charge in [-0.1, -0.05) is 13.8 Å². The van der Waals surface area contributed by atoms with Crippen molar-refractivity contribution in [2.45, 2.75) is 58.7 Å². The van der Waals surface area contributed by atoms with Gasteiger partial charge in [-0.25, -0.2) is 4.68 Å². The van der Waals surface area contributed by atoms with E-state index in [-0.39, 0.29) is 24.1 Å². The van der Waals surface area contributed by atoms with Gasteiger partial charge >= 0.3 is 0 Å². The van der Waals surface area contributed by atoms with E-state index in [1.54, 1.807) is 6.20 Å². The maximum Gasteiger partial charge on any atom is 0.242 e. The number of carbonyl (C=O) groups excluding carboxylic acids is 1. The maximum atomic E-state index is 12.5. The van der Waals surface area contributed by atoms with Crippen molar-refractivity contribution in [2.24, 2.45) is 0 Å². The number of amides is 1. The fraction of sp³-hybridized carbons (Fsp3) is 0.750. The van der Waals surface area contributed by atoms with E-state index in [4.69, 9.17) is 4.74 Å². The number of hydrogen-bond donors (Lipinski definition) is 1. The van der Waals surface area contributed by atoms with Crippen LogP contribution in [0, 0.1) is 0 Å². The van der Waals surface area contributed by atoms with Crippen molar-refractivity contribution in [3.05, 3.63) is 12.3 Å². The van der Waals surface area contributed by atoms with Crippen LogP contribution in [0.15, 0.2) is 12.3 Å². The van der Waals surface area contributed by atoms with Crippen LogP contribution < -0.4 is 5.32 Å². The molecule has 1 amide bonds. The van der Waals surface area contributed by atoms with Gasteiger partial charge in [0, 0.05) is 19.2 Å². The Morgan fingerprint density at radius 2 is 2.27 bits per heavy atom. The zero-order valence-electron chi connectivity index (χ0n) is 14.1. The lowest BCUT2D eigenvalue weighted by molar-refractivity contribution is -0.124. The second-order valence-corrected chi connectivity index (χ2v) is 5.98. The number of anilines is 1. The Balaban J connectivity index is 1.98. The van der Waals surface area contributed by atoms with Crippen LogP contribution in [-0.2, 0) is 9.53 Å². The Morgan fingerprint density at radius 1 is 1.50 bits per heavy atom. The lowest BCUT2D eigenvalue weighted by Gasteiger charge is -2.35. The summed E-state index contributed by atoms with van der Waals surface area (Å²) >= 11 is 0. The van der Waals surface area contributed by atoms with Crippen molar-refractivity contribution in [2.75, 3.05) is 25.0 Å². The third-order valence-electron chi connectivity index (χ3n) is 4.48. The normalized spacial score (nSPS) is 22.3. The van der Waals surface area contributed by atoms with Crippen LogP contribution in [0.4, 0.5) is 5.82 Å². The molecule has 1 aromatic rings. The summed E-state index contributed by atoms with van der Waals surface area (Å²) in [6.45, 7) is 10.6. The molecule has 1 saturated heterocycles. The highest BCUT2D eigenvalue weighted by Gasteiger charge is 2.27. The van der Waals surface area contributed by atoms with Gasteiger partial charge in [-0.05, 0) is 26.7 Å². The van der Waals surface area contributed by atoms with Crippen LogP contribution in [0.5, 0.6) is 0 Å². The van der Waals surface area contributed by atoms with Crippen LogP contribution >= 0.6 is 0 Å². The van der Waals surface area contributed by atoms with Crippen molar-refractivity contribution >= 4 is 11.7 Å². The molecule has 0 radical (unpaired) electrons. The summed E-state index contributed by atoms with van der Waals surface area (Å²) in [6.07, 6.45) is 3.91. The largest absolute Gasteiger partial charge is 0.376 e. The average molecular weight is 308 g/mol. The van der Waals surface area contributed by atoms with Crippen molar-refractivity contribution in [3.63, 3.8) is 0 Å². The second kappa shape index (κ2) is 7.74. The highest BCUT2D eigenvalue weighted by molar-refractivity contribution is 5.93. The summed E-state index contributed by atoms with van der Waals surface area (Å²) < 4.78 is 7.54. The molecule has 1 fully saturated rings. The summed E-state index contributed by atoms with van der Waals surface area (Å²) in [5, 5.41) is 7.32.